The third-order valence-electron chi connectivity index (χ3n) is 2.03. The van der Waals surface area contributed by atoms with E-state index < -0.39 is 0 Å². The van der Waals surface area contributed by atoms with Crippen LogP contribution in [0.15, 0.2) is 59.6 Å². The monoisotopic (exact) mass is 197 g/mol. The van der Waals surface area contributed by atoms with E-state index in [1.165, 1.54) is 0 Å². The molecule has 0 saturated heterocycles. The van der Waals surface area contributed by atoms with E-state index in [-0.39, 0.29) is 5.75 Å². The van der Waals surface area contributed by atoms with Crippen LogP contribution in [0.5, 0.6) is 5.75 Å². The van der Waals surface area contributed by atoms with Crippen molar-refractivity contribution in [2.24, 2.45) is 4.99 Å². The van der Waals surface area contributed by atoms with Crippen molar-refractivity contribution >= 4 is 11.9 Å². The van der Waals surface area contributed by atoms with E-state index in [2.05, 4.69) is 4.99 Å². The first kappa shape index (κ1) is 9.46. The highest BCUT2D eigenvalue weighted by Crippen LogP contribution is 2.24. The predicted molar refractivity (Wildman–Crippen MR) is 61.8 cm³/mol. The molecular formula is C13H11NO. The summed E-state index contributed by atoms with van der Waals surface area (Å²) in [5, 5.41) is 9.47. The maximum absolute atomic E-state index is 9.47. The third kappa shape index (κ3) is 2.44. The van der Waals surface area contributed by atoms with Gasteiger partial charge in [-0.15, -0.1) is 0 Å². The van der Waals surface area contributed by atoms with Gasteiger partial charge >= 0.3 is 0 Å². The minimum Gasteiger partial charge on any atom is -0.506 e. The Morgan fingerprint density at radius 1 is 0.867 bits per heavy atom. The largest absolute Gasteiger partial charge is 0.506 e. The van der Waals surface area contributed by atoms with E-state index in [4.69, 9.17) is 0 Å². The normalized spacial score (nSPS) is 10.7. The molecule has 0 spiro atoms. The number of aliphatic imine (C=N–C) groups is 1. The lowest BCUT2D eigenvalue weighted by Crippen LogP contribution is -1.77. The molecule has 2 aromatic rings. The molecule has 0 saturated carbocycles. The number of rotatable bonds is 2. The van der Waals surface area contributed by atoms with Gasteiger partial charge in [0.2, 0.25) is 0 Å². The summed E-state index contributed by atoms with van der Waals surface area (Å²) in [6.07, 6.45) is 1.73. The third-order valence-corrected chi connectivity index (χ3v) is 2.03. The van der Waals surface area contributed by atoms with Crippen molar-refractivity contribution in [2.45, 2.75) is 0 Å². The molecule has 0 unspecified atom stereocenters. The lowest BCUT2D eigenvalue weighted by atomic mass is 10.2. The van der Waals surface area contributed by atoms with Crippen LogP contribution in [0.25, 0.3) is 0 Å². The highest BCUT2D eigenvalue weighted by atomic mass is 16.3. The average Bonchev–Trinajstić information content (AvgIpc) is 2.29. The fraction of sp³-hybridized carbons (Fsp3) is 0. The summed E-state index contributed by atoms with van der Waals surface area (Å²) in [5.41, 5.74) is 1.60. The molecule has 0 heterocycles. The van der Waals surface area contributed by atoms with Crippen molar-refractivity contribution in [3.8, 4) is 5.75 Å². The number of phenolic OH excluding ortho intramolecular Hbond substituents is 1. The molecule has 0 amide bonds. The first-order valence-corrected chi connectivity index (χ1v) is 4.73. The number of aromatic hydroxyl groups is 1. The lowest BCUT2D eigenvalue weighted by molar-refractivity contribution is 0.477. The number of nitrogens with zero attached hydrogens (tertiary/aromatic N) is 1. The molecule has 2 rings (SSSR count). The van der Waals surface area contributed by atoms with Gasteiger partial charge in [0, 0.05) is 6.21 Å². The number of benzene rings is 2. The number of hydrogen-bond donors (Lipinski definition) is 1. The Balaban J connectivity index is 2.23. The summed E-state index contributed by atoms with van der Waals surface area (Å²) in [5.74, 6) is 0.199. The SMILES string of the molecule is Oc1ccccc1/N=C\c1ccccc1. The van der Waals surface area contributed by atoms with Gasteiger partial charge in [0.05, 0.1) is 0 Å². The molecule has 74 valence electrons. The smallest absolute Gasteiger partial charge is 0.141 e. The van der Waals surface area contributed by atoms with Crippen molar-refractivity contribution in [3.63, 3.8) is 0 Å². The summed E-state index contributed by atoms with van der Waals surface area (Å²) in [6.45, 7) is 0. The van der Waals surface area contributed by atoms with Crippen LogP contribution in [0.2, 0.25) is 0 Å². The summed E-state index contributed by atoms with van der Waals surface area (Å²) >= 11 is 0. The molecule has 0 atom stereocenters. The highest BCUT2D eigenvalue weighted by molar-refractivity contribution is 5.82. The Morgan fingerprint density at radius 2 is 1.53 bits per heavy atom. The van der Waals surface area contributed by atoms with Crippen LogP contribution in [-0.2, 0) is 0 Å². The second kappa shape index (κ2) is 4.42. The molecule has 1 N–H and O–H groups in total. The van der Waals surface area contributed by atoms with Gasteiger partial charge in [0.15, 0.2) is 0 Å². The molecule has 0 radical (unpaired) electrons. The maximum Gasteiger partial charge on any atom is 0.141 e. The minimum absolute atomic E-state index is 0.199. The van der Waals surface area contributed by atoms with E-state index in [9.17, 15) is 5.11 Å². The van der Waals surface area contributed by atoms with Crippen LogP contribution < -0.4 is 0 Å². The number of para-hydroxylation sites is 2. The van der Waals surface area contributed by atoms with Crippen LogP contribution in [0.1, 0.15) is 5.56 Å². The molecule has 2 aromatic carbocycles. The molecule has 0 aromatic heterocycles. The molecule has 15 heavy (non-hydrogen) atoms. The molecule has 0 aliphatic rings. The van der Waals surface area contributed by atoms with Gasteiger partial charge in [-0.05, 0) is 17.7 Å². The van der Waals surface area contributed by atoms with E-state index in [0.29, 0.717) is 5.69 Å². The Kier molecular flexibility index (Phi) is 2.79. The number of hydrogen-bond acceptors (Lipinski definition) is 2. The molecule has 2 heteroatoms. The Labute approximate surface area is 88.5 Å². The molecule has 0 bridgehead atoms. The molecule has 0 aliphatic heterocycles. The fourth-order valence-corrected chi connectivity index (χ4v) is 1.26. The zero-order chi connectivity index (χ0) is 10.5. The van der Waals surface area contributed by atoms with Crippen molar-refractivity contribution in [2.75, 3.05) is 0 Å². The van der Waals surface area contributed by atoms with Gasteiger partial charge in [-0.25, -0.2) is 0 Å². The first-order valence-electron chi connectivity index (χ1n) is 4.73. The van der Waals surface area contributed by atoms with Crippen LogP contribution >= 0.6 is 0 Å². The highest BCUT2D eigenvalue weighted by Gasteiger charge is 1.94. The second-order valence-electron chi connectivity index (χ2n) is 3.16. The molecule has 0 aliphatic carbocycles. The van der Waals surface area contributed by atoms with E-state index >= 15 is 0 Å². The van der Waals surface area contributed by atoms with E-state index in [0.717, 1.165) is 5.56 Å². The van der Waals surface area contributed by atoms with E-state index in [1.54, 1.807) is 24.4 Å². The fourth-order valence-electron chi connectivity index (χ4n) is 1.26. The predicted octanol–water partition coefficient (Wildman–Crippen LogP) is 3.14. The molecular weight excluding hydrogens is 186 g/mol. The summed E-state index contributed by atoms with van der Waals surface area (Å²) in [4.78, 5) is 4.20. The van der Waals surface area contributed by atoms with Gasteiger partial charge in [-0.3, -0.25) is 4.99 Å². The van der Waals surface area contributed by atoms with Crippen LogP contribution in [0.4, 0.5) is 5.69 Å². The first-order chi connectivity index (χ1) is 7.36. The van der Waals surface area contributed by atoms with Gasteiger partial charge in [0.1, 0.15) is 11.4 Å². The summed E-state index contributed by atoms with van der Waals surface area (Å²) < 4.78 is 0. The van der Waals surface area contributed by atoms with E-state index in [1.807, 2.05) is 36.4 Å². The Hall–Kier alpha value is -2.09. The zero-order valence-electron chi connectivity index (χ0n) is 8.17. The Bertz CT molecular complexity index is 463. The Morgan fingerprint density at radius 3 is 2.27 bits per heavy atom. The standard InChI is InChI=1S/C13H11NO/c15-13-9-5-4-8-12(13)14-10-11-6-2-1-3-7-11/h1-10,15H/b14-10-. The lowest BCUT2D eigenvalue weighted by Gasteiger charge is -1.96. The van der Waals surface area contributed by atoms with Crippen molar-refractivity contribution < 1.29 is 5.11 Å². The van der Waals surface area contributed by atoms with Crippen LogP contribution in [-0.4, -0.2) is 11.3 Å². The number of phenols is 1. The second-order valence-corrected chi connectivity index (χ2v) is 3.16. The quantitative estimate of drug-likeness (QED) is 0.737. The topological polar surface area (TPSA) is 32.6 Å². The summed E-state index contributed by atoms with van der Waals surface area (Å²) in [6, 6.07) is 16.8. The van der Waals surface area contributed by atoms with Gasteiger partial charge in [-0.1, -0.05) is 42.5 Å². The van der Waals surface area contributed by atoms with Crippen LogP contribution in [0.3, 0.4) is 0 Å². The summed E-state index contributed by atoms with van der Waals surface area (Å²) in [7, 11) is 0. The zero-order valence-corrected chi connectivity index (χ0v) is 8.17. The van der Waals surface area contributed by atoms with Gasteiger partial charge in [0.25, 0.3) is 0 Å². The van der Waals surface area contributed by atoms with Crippen molar-refractivity contribution in [1.82, 2.24) is 0 Å². The minimum atomic E-state index is 0.199. The van der Waals surface area contributed by atoms with Gasteiger partial charge in [-0.2, -0.15) is 0 Å². The van der Waals surface area contributed by atoms with Crippen molar-refractivity contribution in [3.05, 3.63) is 60.2 Å². The maximum atomic E-state index is 9.47. The molecule has 0 fully saturated rings. The molecule has 2 nitrogen and oxygen atoms in total. The van der Waals surface area contributed by atoms with Crippen molar-refractivity contribution in [1.29, 1.82) is 0 Å². The average molecular weight is 197 g/mol. The van der Waals surface area contributed by atoms with Crippen LogP contribution in [0, 0.1) is 0 Å². The van der Waals surface area contributed by atoms with Gasteiger partial charge < -0.3 is 5.11 Å².